The monoisotopic (exact) mass is 232 g/mol. The lowest BCUT2D eigenvalue weighted by molar-refractivity contribution is 0.0698. The fourth-order valence-electron chi connectivity index (χ4n) is 2.28. The maximum absolute atomic E-state index is 11.2. The van der Waals surface area contributed by atoms with Crippen LogP contribution in [0, 0.1) is 13.8 Å². The highest BCUT2D eigenvalue weighted by molar-refractivity contribution is 6.03. The lowest BCUT2D eigenvalue weighted by Gasteiger charge is -2.08. The number of para-hydroxylation sites is 1. The summed E-state index contributed by atoms with van der Waals surface area (Å²) in [5.74, 6) is -0.897. The standard InChI is InChI=1S/C13H16N2O2/c1-8-9(2)15(7-6-14)12-10(8)4-3-5-11(12)13(16)17/h3-5H,6-7,14H2,1-2H3,(H,16,17). The first-order chi connectivity index (χ1) is 8.07. The van der Waals surface area contributed by atoms with Gasteiger partial charge in [-0.1, -0.05) is 12.1 Å². The summed E-state index contributed by atoms with van der Waals surface area (Å²) in [4.78, 5) is 11.2. The number of nitrogens with zero attached hydrogens (tertiary/aromatic N) is 1. The van der Waals surface area contributed by atoms with Crippen LogP contribution >= 0.6 is 0 Å². The van der Waals surface area contributed by atoms with E-state index in [0.29, 0.717) is 18.7 Å². The number of benzene rings is 1. The van der Waals surface area contributed by atoms with Crippen molar-refractivity contribution in [3.05, 3.63) is 35.0 Å². The molecule has 0 aliphatic rings. The first-order valence-electron chi connectivity index (χ1n) is 5.59. The minimum Gasteiger partial charge on any atom is -0.478 e. The summed E-state index contributed by atoms with van der Waals surface area (Å²) in [6.45, 7) is 5.14. The number of hydrogen-bond donors (Lipinski definition) is 2. The molecule has 2 aromatic rings. The Hall–Kier alpha value is -1.81. The van der Waals surface area contributed by atoms with Gasteiger partial charge in [0, 0.05) is 24.2 Å². The van der Waals surface area contributed by atoms with Gasteiger partial charge in [0.1, 0.15) is 0 Å². The fraction of sp³-hybridized carbons (Fsp3) is 0.308. The molecule has 4 heteroatoms. The molecule has 0 amide bonds. The van der Waals surface area contributed by atoms with E-state index in [1.807, 2.05) is 24.5 Å². The average Bonchev–Trinajstić information content (AvgIpc) is 2.55. The van der Waals surface area contributed by atoms with Gasteiger partial charge in [0.2, 0.25) is 0 Å². The number of aromatic nitrogens is 1. The minimum absolute atomic E-state index is 0.340. The summed E-state index contributed by atoms with van der Waals surface area (Å²) in [7, 11) is 0. The summed E-state index contributed by atoms with van der Waals surface area (Å²) in [6, 6.07) is 5.37. The summed E-state index contributed by atoms with van der Waals surface area (Å²) in [5.41, 5.74) is 8.91. The molecule has 0 unspecified atom stereocenters. The van der Waals surface area contributed by atoms with Gasteiger partial charge in [-0.25, -0.2) is 4.79 Å². The molecular formula is C13H16N2O2. The molecular weight excluding hydrogens is 216 g/mol. The second-order valence-corrected chi connectivity index (χ2v) is 4.16. The Bertz CT molecular complexity index is 585. The Labute approximate surface area is 99.7 Å². The first-order valence-corrected chi connectivity index (χ1v) is 5.59. The van der Waals surface area contributed by atoms with Crippen LogP contribution in [0.1, 0.15) is 21.6 Å². The molecule has 17 heavy (non-hydrogen) atoms. The maximum Gasteiger partial charge on any atom is 0.337 e. The van der Waals surface area contributed by atoms with Gasteiger partial charge >= 0.3 is 5.97 Å². The SMILES string of the molecule is Cc1c(C)n(CCN)c2c(C(=O)O)cccc12. The topological polar surface area (TPSA) is 68.2 Å². The zero-order chi connectivity index (χ0) is 12.6. The van der Waals surface area contributed by atoms with Crippen molar-refractivity contribution in [3.63, 3.8) is 0 Å². The number of nitrogens with two attached hydrogens (primary N) is 1. The molecule has 0 fully saturated rings. The highest BCUT2D eigenvalue weighted by Crippen LogP contribution is 2.27. The van der Waals surface area contributed by atoms with E-state index in [4.69, 9.17) is 5.73 Å². The Morgan fingerprint density at radius 3 is 2.71 bits per heavy atom. The van der Waals surface area contributed by atoms with Gasteiger partial charge in [0.05, 0.1) is 11.1 Å². The van der Waals surface area contributed by atoms with Gasteiger partial charge in [-0.15, -0.1) is 0 Å². The van der Waals surface area contributed by atoms with Gasteiger partial charge in [-0.2, -0.15) is 0 Å². The second kappa shape index (κ2) is 4.22. The van der Waals surface area contributed by atoms with Gasteiger partial charge in [0.15, 0.2) is 0 Å². The average molecular weight is 232 g/mol. The van der Waals surface area contributed by atoms with Crippen molar-refractivity contribution in [1.29, 1.82) is 0 Å². The van der Waals surface area contributed by atoms with Gasteiger partial charge < -0.3 is 15.4 Å². The fourth-order valence-corrected chi connectivity index (χ4v) is 2.28. The Morgan fingerprint density at radius 1 is 1.41 bits per heavy atom. The van der Waals surface area contributed by atoms with E-state index in [-0.39, 0.29) is 0 Å². The molecule has 1 aromatic carbocycles. The van der Waals surface area contributed by atoms with Crippen molar-refractivity contribution in [2.75, 3.05) is 6.54 Å². The highest BCUT2D eigenvalue weighted by Gasteiger charge is 2.16. The molecule has 0 atom stereocenters. The third kappa shape index (κ3) is 1.70. The van der Waals surface area contributed by atoms with Crippen molar-refractivity contribution in [2.24, 2.45) is 5.73 Å². The molecule has 1 aromatic heterocycles. The van der Waals surface area contributed by atoms with Gasteiger partial charge in [-0.3, -0.25) is 0 Å². The predicted octanol–water partition coefficient (Wildman–Crippen LogP) is 1.92. The number of carbonyl (C=O) groups is 1. The quantitative estimate of drug-likeness (QED) is 0.849. The lowest BCUT2D eigenvalue weighted by atomic mass is 10.1. The smallest absolute Gasteiger partial charge is 0.337 e. The van der Waals surface area contributed by atoms with Gasteiger partial charge in [-0.05, 0) is 25.5 Å². The van der Waals surface area contributed by atoms with Crippen LogP contribution < -0.4 is 5.73 Å². The Morgan fingerprint density at radius 2 is 2.12 bits per heavy atom. The zero-order valence-corrected chi connectivity index (χ0v) is 10.0. The van der Waals surface area contributed by atoms with Crippen LogP contribution in [0.25, 0.3) is 10.9 Å². The van der Waals surface area contributed by atoms with Crippen molar-refractivity contribution in [2.45, 2.75) is 20.4 Å². The largest absolute Gasteiger partial charge is 0.478 e. The van der Waals surface area contributed by atoms with Crippen LogP contribution in [-0.4, -0.2) is 22.2 Å². The molecule has 90 valence electrons. The number of fused-ring (bicyclic) bond motifs is 1. The maximum atomic E-state index is 11.2. The molecule has 0 aliphatic heterocycles. The number of carboxylic acids is 1. The number of carboxylic acid groups (broad SMARTS) is 1. The van der Waals surface area contributed by atoms with Crippen LogP contribution in [-0.2, 0) is 6.54 Å². The van der Waals surface area contributed by atoms with E-state index >= 15 is 0 Å². The van der Waals surface area contributed by atoms with Crippen LogP contribution in [0.3, 0.4) is 0 Å². The number of aromatic carboxylic acids is 1. The summed E-state index contributed by atoms with van der Waals surface area (Å²) < 4.78 is 1.99. The lowest BCUT2D eigenvalue weighted by Crippen LogP contribution is -2.12. The molecule has 0 saturated carbocycles. The molecule has 0 radical (unpaired) electrons. The van der Waals surface area contributed by atoms with Crippen molar-refractivity contribution >= 4 is 16.9 Å². The van der Waals surface area contributed by atoms with Crippen LogP contribution in [0.5, 0.6) is 0 Å². The molecule has 1 heterocycles. The highest BCUT2D eigenvalue weighted by atomic mass is 16.4. The van der Waals surface area contributed by atoms with E-state index < -0.39 is 5.97 Å². The minimum atomic E-state index is -0.897. The zero-order valence-electron chi connectivity index (χ0n) is 10.0. The van der Waals surface area contributed by atoms with E-state index in [0.717, 1.165) is 22.2 Å². The number of aryl methyl sites for hydroxylation is 1. The van der Waals surface area contributed by atoms with Crippen molar-refractivity contribution in [3.8, 4) is 0 Å². The van der Waals surface area contributed by atoms with Crippen LogP contribution in [0.2, 0.25) is 0 Å². The molecule has 0 aliphatic carbocycles. The van der Waals surface area contributed by atoms with E-state index in [9.17, 15) is 9.90 Å². The predicted molar refractivity (Wildman–Crippen MR) is 67.4 cm³/mol. The van der Waals surface area contributed by atoms with Crippen molar-refractivity contribution in [1.82, 2.24) is 4.57 Å². The molecule has 0 saturated heterocycles. The third-order valence-corrected chi connectivity index (χ3v) is 3.24. The summed E-state index contributed by atoms with van der Waals surface area (Å²) in [5, 5.41) is 10.2. The Balaban J connectivity index is 2.87. The normalized spacial score (nSPS) is 11.0. The second-order valence-electron chi connectivity index (χ2n) is 4.16. The molecule has 0 bridgehead atoms. The van der Waals surface area contributed by atoms with E-state index in [1.54, 1.807) is 12.1 Å². The molecule has 4 nitrogen and oxygen atoms in total. The Kier molecular flexibility index (Phi) is 2.90. The molecule has 3 N–H and O–H groups in total. The molecule has 0 spiro atoms. The van der Waals surface area contributed by atoms with Crippen LogP contribution in [0.4, 0.5) is 0 Å². The van der Waals surface area contributed by atoms with E-state index in [2.05, 4.69) is 0 Å². The summed E-state index contributed by atoms with van der Waals surface area (Å²) in [6.07, 6.45) is 0. The molecule has 2 rings (SSSR count). The van der Waals surface area contributed by atoms with Crippen LogP contribution in [0.15, 0.2) is 18.2 Å². The van der Waals surface area contributed by atoms with E-state index in [1.165, 1.54) is 0 Å². The summed E-state index contributed by atoms with van der Waals surface area (Å²) >= 11 is 0. The number of rotatable bonds is 3. The number of hydrogen-bond acceptors (Lipinski definition) is 2. The van der Waals surface area contributed by atoms with Crippen molar-refractivity contribution < 1.29 is 9.90 Å². The first kappa shape index (κ1) is 11.7. The van der Waals surface area contributed by atoms with Gasteiger partial charge in [0.25, 0.3) is 0 Å². The third-order valence-electron chi connectivity index (χ3n) is 3.24.